The van der Waals surface area contributed by atoms with Gasteiger partial charge in [-0.15, -0.1) is 11.3 Å². The molecule has 92 valence electrons. The van der Waals surface area contributed by atoms with Gasteiger partial charge in [0.05, 0.1) is 12.2 Å². The Morgan fingerprint density at radius 1 is 1.33 bits per heavy atom. The largest absolute Gasteiger partial charge is 0.331 e. The van der Waals surface area contributed by atoms with E-state index >= 15 is 0 Å². The Balaban J connectivity index is 2.07. The van der Waals surface area contributed by atoms with E-state index in [0.717, 1.165) is 4.96 Å². The standard InChI is InChI=1S/C11H10N4O2S/c1-13-3-2-9(16)15(11(13)17)7-8-6-14-4-5-18-10(14)12-8/h2-6H,7H2,1H3. The number of thiazole rings is 1. The molecule has 0 bridgehead atoms. The van der Waals surface area contributed by atoms with E-state index in [4.69, 9.17) is 0 Å². The van der Waals surface area contributed by atoms with Gasteiger partial charge in [-0.1, -0.05) is 0 Å². The zero-order valence-electron chi connectivity index (χ0n) is 9.61. The molecule has 3 rings (SSSR count). The van der Waals surface area contributed by atoms with Gasteiger partial charge >= 0.3 is 5.69 Å². The van der Waals surface area contributed by atoms with Crippen molar-refractivity contribution in [2.45, 2.75) is 6.54 Å². The highest BCUT2D eigenvalue weighted by Crippen LogP contribution is 2.11. The summed E-state index contributed by atoms with van der Waals surface area (Å²) in [7, 11) is 1.62. The van der Waals surface area contributed by atoms with E-state index in [1.165, 1.54) is 32.7 Å². The Morgan fingerprint density at radius 3 is 2.94 bits per heavy atom. The fraction of sp³-hybridized carbons (Fsp3) is 0.182. The molecule has 0 aromatic carbocycles. The van der Waals surface area contributed by atoms with Gasteiger partial charge in [-0.25, -0.2) is 9.78 Å². The molecular formula is C11H10N4O2S. The van der Waals surface area contributed by atoms with Crippen molar-refractivity contribution in [1.29, 1.82) is 0 Å². The fourth-order valence-corrected chi connectivity index (χ4v) is 2.49. The molecule has 0 atom stereocenters. The third kappa shape index (κ3) is 1.68. The van der Waals surface area contributed by atoms with E-state index in [-0.39, 0.29) is 17.8 Å². The first kappa shape index (κ1) is 11.0. The van der Waals surface area contributed by atoms with Crippen molar-refractivity contribution in [3.8, 4) is 0 Å². The second-order valence-electron chi connectivity index (χ2n) is 3.96. The number of rotatable bonds is 2. The van der Waals surface area contributed by atoms with Crippen LogP contribution in [0.4, 0.5) is 0 Å². The van der Waals surface area contributed by atoms with Crippen molar-refractivity contribution in [3.05, 3.63) is 56.6 Å². The van der Waals surface area contributed by atoms with E-state index < -0.39 is 0 Å². The maximum atomic E-state index is 11.8. The summed E-state index contributed by atoms with van der Waals surface area (Å²) < 4.78 is 4.42. The molecule has 3 aromatic rings. The van der Waals surface area contributed by atoms with Crippen LogP contribution in [0.2, 0.25) is 0 Å². The van der Waals surface area contributed by atoms with Gasteiger partial charge in [0.15, 0.2) is 4.96 Å². The van der Waals surface area contributed by atoms with Crippen molar-refractivity contribution in [1.82, 2.24) is 18.5 Å². The van der Waals surface area contributed by atoms with Gasteiger partial charge in [-0.2, -0.15) is 0 Å². The van der Waals surface area contributed by atoms with Crippen molar-refractivity contribution >= 4 is 16.3 Å². The summed E-state index contributed by atoms with van der Waals surface area (Å²) >= 11 is 1.51. The molecule has 0 aliphatic heterocycles. The van der Waals surface area contributed by atoms with Crippen LogP contribution in [0, 0.1) is 0 Å². The molecule has 0 fully saturated rings. The maximum absolute atomic E-state index is 11.8. The molecule has 0 unspecified atom stereocenters. The van der Waals surface area contributed by atoms with Crippen LogP contribution in [0.5, 0.6) is 0 Å². The van der Waals surface area contributed by atoms with Crippen LogP contribution in [0.25, 0.3) is 4.96 Å². The predicted molar refractivity (Wildman–Crippen MR) is 68.1 cm³/mol. The van der Waals surface area contributed by atoms with Gasteiger partial charge in [0.1, 0.15) is 0 Å². The molecule has 3 heterocycles. The molecule has 0 aliphatic carbocycles. The minimum atomic E-state index is -0.334. The van der Waals surface area contributed by atoms with Gasteiger partial charge in [-0.3, -0.25) is 13.8 Å². The maximum Gasteiger partial charge on any atom is 0.331 e. The number of nitrogens with zero attached hydrogens (tertiary/aromatic N) is 4. The van der Waals surface area contributed by atoms with Crippen LogP contribution in [0.15, 0.2) is 39.6 Å². The lowest BCUT2D eigenvalue weighted by Gasteiger charge is -2.03. The number of fused-ring (bicyclic) bond motifs is 1. The third-order valence-corrected chi connectivity index (χ3v) is 3.47. The minimum absolute atomic E-state index is 0.195. The molecule has 0 spiro atoms. The number of hydrogen-bond acceptors (Lipinski definition) is 4. The molecule has 0 radical (unpaired) electrons. The van der Waals surface area contributed by atoms with E-state index in [1.807, 2.05) is 22.2 Å². The SMILES string of the molecule is Cn1ccc(=O)n(Cc2cn3ccsc3n2)c1=O. The smallest absolute Gasteiger partial charge is 0.303 e. The fourth-order valence-electron chi connectivity index (χ4n) is 1.77. The monoisotopic (exact) mass is 262 g/mol. The van der Waals surface area contributed by atoms with Gasteiger partial charge in [0.2, 0.25) is 0 Å². The summed E-state index contributed by atoms with van der Waals surface area (Å²) in [5, 5.41) is 1.93. The Kier molecular flexibility index (Phi) is 2.41. The molecule has 3 aromatic heterocycles. The topological polar surface area (TPSA) is 61.3 Å². The van der Waals surface area contributed by atoms with Crippen LogP contribution in [0.3, 0.4) is 0 Å². The van der Waals surface area contributed by atoms with E-state index in [2.05, 4.69) is 4.98 Å². The third-order valence-electron chi connectivity index (χ3n) is 2.70. The summed E-state index contributed by atoms with van der Waals surface area (Å²) in [5.74, 6) is 0. The Hall–Kier alpha value is -2.15. The number of hydrogen-bond donors (Lipinski definition) is 0. The summed E-state index contributed by atoms with van der Waals surface area (Å²) in [5.41, 5.74) is 0.0561. The summed E-state index contributed by atoms with van der Waals surface area (Å²) in [6, 6.07) is 1.37. The summed E-state index contributed by atoms with van der Waals surface area (Å²) in [6.45, 7) is 0.195. The van der Waals surface area contributed by atoms with E-state index in [1.54, 1.807) is 7.05 Å². The summed E-state index contributed by atoms with van der Waals surface area (Å²) in [6.07, 6.45) is 5.18. The normalized spacial score (nSPS) is 11.2. The molecule has 0 saturated heterocycles. The van der Waals surface area contributed by atoms with Crippen molar-refractivity contribution in [2.24, 2.45) is 7.05 Å². The first-order chi connectivity index (χ1) is 8.65. The lowest BCUT2D eigenvalue weighted by Crippen LogP contribution is -2.38. The van der Waals surface area contributed by atoms with Gasteiger partial charge in [-0.05, 0) is 0 Å². The predicted octanol–water partition coefficient (Wildman–Crippen LogP) is 0.304. The van der Waals surface area contributed by atoms with Crippen LogP contribution >= 0.6 is 11.3 Å². The second-order valence-corrected chi connectivity index (χ2v) is 4.83. The first-order valence-electron chi connectivity index (χ1n) is 5.33. The number of aromatic nitrogens is 4. The highest BCUT2D eigenvalue weighted by Gasteiger charge is 2.07. The second kappa shape index (κ2) is 3.95. The van der Waals surface area contributed by atoms with Crippen molar-refractivity contribution in [3.63, 3.8) is 0 Å². The molecule has 0 saturated carbocycles. The molecule has 0 amide bonds. The van der Waals surface area contributed by atoms with Crippen molar-refractivity contribution in [2.75, 3.05) is 0 Å². The van der Waals surface area contributed by atoms with Crippen LogP contribution in [-0.4, -0.2) is 18.5 Å². The Labute approximate surface area is 105 Å². The van der Waals surface area contributed by atoms with E-state index in [9.17, 15) is 9.59 Å². The zero-order valence-corrected chi connectivity index (χ0v) is 10.4. The average Bonchev–Trinajstić information content (AvgIpc) is 2.90. The number of imidazole rings is 1. The molecule has 7 heteroatoms. The molecule has 6 nitrogen and oxygen atoms in total. The highest BCUT2D eigenvalue weighted by atomic mass is 32.1. The highest BCUT2D eigenvalue weighted by molar-refractivity contribution is 7.15. The van der Waals surface area contributed by atoms with Gasteiger partial charge < -0.3 is 4.57 Å². The molecule has 0 N–H and O–H groups in total. The quantitative estimate of drug-likeness (QED) is 0.667. The first-order valence-corrected chi connectivity index (χ1v) is 6.20. The number of aryl methyl sites for hydroxylation is 1. The Bertz CT molecular complexity index is 795. The van der Waals surface area contributed by atoms with Gasteiger partial charge in [0, 0.05) is 37.1 Å². The zero-order chi connectivity index (χ0) is 12.7. The van der Waals surface area contributed by atoms with Crippen molar-refractivity contribution < 1.29 is 0 Å². The lowest BCUT2D eigenvalue weighted by molar-refractivity contribution is 0.633. The summed E-state index contributed by atoms with van der Waals surface area (Å²) in [4.78, 5) is 28.7. The van der Waals surface area contributed by atoms with Gasteiger partial charge in [0.25, 0.3) is 5.56 Å². The Morgan fingerprint density at radius 2 is 2.17 bits per heavy atom. The minimum Gasteiger partial charge on any atom is -0.303 e. The van der Waals surface area contributed by atoms with Crippen LogP contribution in [0.1, 0.15) is 5.69 Å². The van der Waals surface area contributed by atoms with Crippen LogP contribution < -0.4 is 11.2 Å². The average molecular weight is 262 g/mol. The van der Waals surface area contributed by atoms with Crippen LogP contribution in [-0.2, 0) is 13.6 Å². The van der Waals surface area contributed by atoms with E-state index in [0.29, 0.717) is 5.69 Å². The molecule has 0 aliphatic rings. The lowest BCUT2D eigenvalue weighted by atomic mass is 10.4. The molecule has 18 heavy (non-hydrogen) atoms. The molecular weight excluding hydrogens is 252 g/mol.